The summed E-state index contributed by atoms with van der Waals surface area (Å²) in [6.07, 6.45) is 3.24. The lowest BCUT2D eigenvalue weighted by molar-refractivity contribution is 0.0693. The van der Waals surface area contributed by atoms with Crippen molar-refractivity contribution in [3.05, 3.63) is 59.9 Å². The number of anilines is 4. The van der Waals surface area contributed by atoms with Crippen LogP contribution in [0.5, 0.6) is 0 Å². The summed E-state index contributed by atoms with van der Waals surface area (Å²) in [4.78, 5) is 34.8. The minimum absolute atomic E-state index is 0.125. The molecule has 0 atom stereocenters. The van der Waals surface area contributed by atoms with Crippen molar-refractivity contribution in [3.8, 4) is 0 Å². The van der Waals surface area contributed by atoms with Crippen molar-refractivity contribution in [2.45, 2.75) is 9.79 Å². The van der Waals surface area contributed by atoms with Gasteiger partial charge in [-0.15, -0.1) is 11.8 Å². The van der Waals surface area contributed by atoms with E-state index < -0.39 is 10.0 Å². The number of imide groups is 1. The zero-order valence-corrected chi connectivity index (χ0v) is 19.5. The van der Waals surface area contributed by atoms with Crippen LogP contribution < -0.4 is 15.4 Å². The molecule has 4 rings (SSSR count). The van der Waals surface area contributed by atoms with Gasteiger partial charge in [0.15, 0.2) is 0 Å². The first kappa shape index (κ1) is 22.7. The normalized spacial score (nSPS) is 13.2. The molecule has 1 aliphatic heterocycles. The molecular formula is C21H20N6O4S2. The first-order chi connectivity index (χ1) is 15.7. The molecule has 0 spiro atoms. The van der Waals surface area contributed by atoms with E-state index >= 15 is 0 Å². The molecule has 3 aromatic rings. The van der Waals surface area contributed by atoms with E-state index in [9.17, 15) is 18.0 Å². The molecular weight excluding hydrogens is 464 g/mol. The van der Waals surface area contributed by atoms with Gasteiger partial charge in [-0.3, -0.25) is 14.5 Å². The van der Waals surface area contributed by atoms with E-state index in [1.807, 2.05) is 6.26 Å². The van der Waals surface area contributed by atoms with Crippen LogP contribution in [0.4, 0.5) is 23.0 Å². The van der Waals surface area contributed by atoms with Crippen molar-refractivity contribution < 1.29 is 18.0 Å². The molecule has 0 saturated carbocycles. The maximum absolute atomic E-state index is 12.2. The van der Waals surface area contributed by atoms with Crippen LogP contribution in [-0.2, 0) is 10.0 Å². The van der Waals surface area contributed by atoms with Crippen molar-refractivity contribution in [2.75, 3.05) is 31.0 Å². The average Bonchev–Trinajstić information content (AvgIpc) is 3.03. The molecule has 0 saturated heterocycles. The van der Waals surface area contributed by atoms with Crippen LogP contribution >= 0.6 is 11.8 Å². The Labute approximate surface area is 194 Å². The zero-order chi connectivity index (χ0) is 23.8. The molecule has 12 heteroatoms. The van der Waals surface area contributed by atoms with Gasteiger partial charge >= 0.3 is 0 Å². The molecule has 1 aliphatic rings. The smallest absolute Gasteiger partial charge is 0.261 e. The van der Waals surface area contributed by atoms with Gasteiger partial charge < -0.3 is 10.6 Å². The molecule has 2 heterocycles. The van der Waals surface area contributed by atoms with Crippen molar-refractivity contribution in [2.24, 2.45) is 0 Å². The van der Waals surface area contributed by atoms with Gasteiger partial charge in [0.05, 0.1) is 21.7 Å². The molecule has 1 aromatic heterocycles. The Morgan fingerprint density at radius 3 is 2.30 bits per heavy atom. The fraction of sp³-hybridized carbons (Fsp3) is 0.143. The Balaban J connectivity index is 1.60. The molecule has 0 aliphatic carbocycles. The van der Waals surface area contributed by atoms with Crippen molar-refractivity contribution in [1.82, 2.24) is 19.6 Å². The Morgan fingerprint density at radius 2 is 1.61 bits per heavy atom. The average molecular weight is 485 g/mol. The van der Waals surface area contributed by atoms with Crippen LogP contribution in [0.1, 0.15) is 20.7 Å². The number of benzene rings is 2. The Morgan fingerprint density at radius 1 is 0.909 bits per heavy atom. The van der Waals surface area contributed by atoms with Gasteiger partial charge in [-0.25, -0.2) is 23.1 Å². The number of carbonyl (C=O) groups excluding carboxylic acids is 2. The summed E-state index contributed by atoms with van der Waals surface area (Å²) in [5, 5.41) is 6.24. The summed E-state index contributed by atoms with van der Waals surface area (Å²) in [5.74, 6) is 0.197. The third kappa shape index (κ3) is 4.40. The molecule has 0 bridgehead atoms. The van der Waals surface area contributed by atoms with Gasteiger partial charge in [0.2, 0.25) is 10.0 Å². The SMILES string of the molecule is CNS(=O)(=O)c1ccc(SC)c(Nc2cc(Nc3ccc4c(c3)C(=O)N(C)C4=O)ncn2)c1. The molecule has 0 radical (unpaired) electrons. The number of aromatic nitrogens is 2. The number of carbonyl (C=O) groups is 2. The Kier molecular flexibility index (Phi) is 6.06. The zero-order valence-electron chi connectivity index (χ0n) is 17.9. The number of sulfonamides is 1. The number of thioether (sulfide) groups is 1. The van der Waals surface area contributed by atoms with E-state index in [0.29, 0.717) is 34.1 Å². The number of amides is 2. The molecule has 0 fully saturated rings. The van der Waals surface area contributed by atoms with Gasteiger partial charge in [0.25, 0.3) is 11.8 Å². The third-order valence-electron chi connectivity index (χ3n) is 5.04. The molecule has 0 unspecified atom stereocenters. The van der Waals surface area contributed by atoms with Gasteiger partial charge in [-0.05, 0) is 49.7 Å². The number of fused-ring (bicyclic) bond motifs is 1. The second-order valence-corrected chi connectivity index (χ2v) is 9.77. The number of nitrogens with zero attached hydrogens (tertiary/aromatic N) is 3. The van der Waals surface area contributed by atoms with Crippen molar-refractivity contribution in [1.29, 1.82) is 0 Å². The highest BCUT2D eigenvalue weighted by molar-refractivity contribution is 7.98. The third-order valence-corrected chi connectivity index (χ3v) is 7.25. The van der Waals surface area contributed by atoms with E-state index in [1.54, 1.807) is 30.3 Å². The summed E-state index contributed by atoms with van der Waals surface area (Å²) >= 11 is 1.46. The van der Waals surface area contributed by atoms with Gasteiger partial charge in [0, 0.05) is 23.7 Å². The minimum atomic E-state index is -3.60. The van der Waals surface area contributed by atoms with Crippen molar-refractivity contribution >= 4 is 56.6 Å². The first-order valence-electron chi connectivity index (χ1n) is 9.67. The fourth-order valence-corrected chi connectivity index (χ4v) is 4.58. The van der Waals surface area contributed by atoms with E-state index in [0.717, 1.165) is 9.80 Å². The topological polar surface area (TPSA) is 133 Å². The maximum Gasteiger partial charge on any atom is 0.261 e. The van der Waals surface area contributed by atoms with E-state index in [4.69, 9.17) is 0 Å². The molecule has 10 nitrogen and oxygen atoms in total. The summed E-state index contributed by atoms with van der Waals surface area (Å²) in [5.41, 5.74) is 1.85. The number of rotatable bonds is 7. The summed E-state index contributed by atoms with van der Waals surface area (Å²) in [6.45, 7) is 0. The molecule has 170 valence electrons. The molecule has 2 aromatic carbocycles. The largest absolute Gasteiger partial charge is 0.340 e. The lowest BCUT2D eigenvalue weighted by Crippen LogP contribution is -2.24. The van der Waals surface area contributed by atoms with Crippen LogP contribution in [0.3, 0.4) is 0 Å². The van der Waals surface area contributed by atoms with Crippen molar-refractivity contribution in [3.63, 3.8) is 0 Å². The lowest BCUT2D eigenvalue weighted by atomic mass is 10.1. The molecule has 33 heavy (non-hydrogen) atoms. The highest BCUT2D eigenvalue weighted by Gasteiger charge is 2.32. The Bertz CT molecular complexity index is 1380. The number of nitrogens with one attached hydrogen (secondary N) is 3. The van der Waals surface area contributed by atoms with Gasteiger partial charge in [-0.1, -0.05) is 0 Å². The summed E-state index contributed by atoms with van der Waals surface area (Å²) in [6, 6.07) is 11.3. The first-order valence-corrected chi connectivity index (χ1v) is 12.4. The van der Waals surface area contributed by atoms with E-state index in [1.165, 1.54) is 44.3 Å². The molecule has 2 amide bonds. The highest BCUT2D eigenvalue weighted by atomic mass is 32.2. The minimum Gasteiger partial charge on any atom is -0.340 e. The standard InChI is InChI=1S/C21H20N6O4S2/c1-22-33(30,31)13-5-7-17(32-3)16(9-13)26-19-10-18(23-11-24-19)25-12-4-6-14-15(8-12)21(29)27(2)20(14)28/h4-11,22H,1-3H3,(H2,23,24,25,26). The van der Waals surface area contributed by atoms with Gasteiger partial charge in [-0.2, -0.15) is 0 Å². The van der Waals surface area contributed by atoms with Crippen LogP contribution in [-0.4, -0.2) is 55.5 Å². The number of hydrogen-bond donors (Lipinski definition) is 3. The van der Waals surface area contributed by atoms with Crippen LogP contribution in [0.15, 0.2) is 58.6 Å². The van der Waals surface area contributed by atoms with Gasteiger partial charge in [0.1, 0.15) is 18.0 Å². The Hall–Kier alpha value is -3.48. The maximum atomic E-state index is 12.2. The second-order valence-electron chi connectivity index (χ2n) is 7.04. The predicted octanol–water partition coefficient (Wildman–Crippen LogP) is 2.82. The van der Waals surface area contributed by atoms with Crippen LogP contribution in [0, 0.1) is 0 Å². The number of hydrogen-bond acceptors (Lipinski definition) is 9. The second kappa shape index (κ2) is 8.81. The van der Waals surface area contributed by atoms with E-state index in [2.05, 4.69) is 25.3 Å². The van der Waals surface area contributed by atoms with Crippen LogP contribution in [0.25, 0.3) is 0 Å². The fourth-order valence-electron chi connectivity index (χ4n) is 3.29. The quantitative estimate of drug-likeness (QED) is 0.342. The van der Waals surface area contributed by atoms with E-state index in [-0.39, 0.29) is 16.7 Å². The van der Waals surface area contributed by atoms with Crippen LogP contribution in [0.2, 0.25) is 0 Å². The molecule has 3 N–H and O–H groups in total. The predicted molar refractivity (Wildman–Crippen MR) is 126 cm³/mol. The summed E-state index contributed by atoms with van der Waals surface area (Å²) < 4.78 is 26.7. The monoisotopic (exact) mass is 484 g/mol. The lowest BCUT2D eigenvalue weighted by Gasteiger charge is -2.13. The highest BCUT2D eigenvalue weighted by Crippen LogP contribution is 2.31. The summed E-state index contributed by atoms with van der Waals surface area (Å²) in [7, 11) is -0.804.